The Morgan fingerprint density at radius 2 is 1.17 bits per heavy atom. The Labute approximate surface area is 117 Å². The van der Waals surface area contributed by atoms with Crippen molar-refractivity contribution in [2.24, 2.45) is 16.7 Å². The summed E-state index contributed by atoms with van der Waals surface area (Å²) in [7, 11) is 0. The van der Waals surface area contributed by atoms with E-state index in [-0.39, 0.29) is 0 Å². The summed E-state index contributed by atoms with van der Waals surface area (Å²) in [6.45, 7) is 16.8. The van der Waals surface area contributed by atoms with Gasteiger partial charge in [-0.3, -0.25) is 0 Å². The van der Waals surface area contributed by atoms with Crippen LogP contribution in [0.2, 0.25) is 0 Å². The highest BCUT2D eigenvalue weighted by atomic mass is 14.4. The van der Waals surface area contributed by atoms with Crippen LogP contribution in [0.15, 0.2) is 0 Å². The Kier molecular flexibility index (Phi) is 8.23. The predicted octanol–water partition coefficient (Wildman–Crippen LogP) is 6.84. The van der Waals surface area contributed by atoms with Crippen LogP contribution < -0.4 is 0 Å². The fourth-order valence-electron chi connectivity index (χ4n) is 2.51. The van der Waals surface area contributed by atoms with Crippen molar-refractivity contribution in [1.82, 2.24) is 0 Å². The molecule has 0 fully saturated rings. The van der Waals surface area contributed by atoms with Gasteiger partial charge < -0.3 is 0 Å². The molecule has 0 amide bonds. The summed E-state index contributed by atoms with van der Waals surface area (Å²) in [6, 6.07) is 0. The van der Waals surface area contributed by atoms with Crippen LogP contribution in [0.25, 0.3) is 0 Å². The Morgan fingerprint density at radius 1 is 0.722 bits per heavy atom. The first-order chi connectivity index (χ1) is 8.23. The molecule has 0 rings (SSSR count). The largest absolute Gasteiger partial charge is 0.0654 e. The second-order valence-electron chi connectivity index (χ2n) is 7.78. The smallest absolute Gasteiger partial charge is 0.0280 e. The van der Waals surface area contributed by atoms with Gasteiger partial charge in [-0.05, 0) is 16.7 Å². The molecule has 0 saturated heterocycles. The lowest BCUT2D eigenvalue weighted by Crippen LogP contribution is -2.35. The standard InChI is InChI=1S/C18H38/c1-8-9-10-11-12-13-14-15-16(2)18(6,7)17(3,4)5/h16H,8-15H2,1-7H3. The number of hydrogen-bond acceptors (Lipinski definition) is 0. The molecule has 0 radical (unpaired) electrons. The van der Waals surface area contributed by atoms with E-state index in [1.165, 1.54) is 51.4 Å². The lowest BCUT2D eigenvalue weighted by atomic mass is 9.61. The highest BCUT2D eigenvalue weighted by Crippen LogP contribution is 2.45. The Balaban J connectivity index is 3.74. The summed E-state index contributed by atoms with van der Waals surface area (Å²) < 4.78 is 0. The molecule has 0 spiro atoms. The summed E-state index contributed by atoms with van der Waals surface area (Å²) in [5, 5.41) is 0. The van der Waals surface area contributed by atoms with Crippen molar-refractivity contribution in [1.29, 1.82) is 0 Å². The van der Waals surface area contributed by atoms with Crippen LogP contribution in [0.4, 0.5) is 0 Å². The molecule has 0 heteroatoms. The second-order valence-corrected chi connectivity index (χ2v) is 7.78. The third kappa shape index (κ3) is 6.25. The summed E-state index contributed by atoms with van der Waals surface area (Å²) in [4.78, 5) is 0. The molecule has 0 bridgehead atoms. The van der Waals surface area contributed by atoms with Crippen LogP contribution in [-0.4, -0.2) is 0 Å². The van der Waals surface area contributed by atoms with Crippen molar-refractivity contribution in [2.45, 2.75) is 99.8 Å². The van der Waals surface area contributed by atoms with Gasteiger partial charge >= 0.3 is 0 Å². The van der Waals surface area contributed by atoms with Gasteiger partial charge in [-0.25, -0.2) is 0 Å². The third-order valence-corrected chi connectivity index (χ3v) is 5.41. The van der Waals surface area contributed by atoms with Crippen LogP contribution in [0.3, 0.4) is 0 Å². The van der Waals surface area contributed by atoms with Crippen LogP contribution in [0.1, 0.15) is 99.8 Å². The Hall–Kier alpha value is 0. The van der Waals surface area contributed by atoms with Crippen LogP contribution in [0.5, 0.6) is 0 Å². The molecule has 1 atom stereocenters. The zero-order valence-electron chi connectivity index (χ0n) is 14.2. The van der Waals surface area contributed by atoms with E-state index < -0.39 is 0 Å². The minimum absolute atomic E-state index is 0.410. The molecular formula is C18H38. The molecule has 1 unspecified atom stereocenters. The van der Waals surface area contributed by atoms with Gasteiger partial charge in [-0.1, -0.05) is 99.8 Å². The van der Waals surface area contributed by atoms with Crippen molar-refractivity contribution >= 4 is 0 Å². The van der Waals surface area contributed by atoms with E-state index in [0.29, 0.717) is 10.8 Å². The van der Waals surface area contributed by atoms with Gasteiger partial charge in [-0.15, -0.1) is 0 Å². The Bertz CT molecular complexity index is 195. The van der Waals surface area contributed by atoms with E-state index in [4.69, 9.17) is 0 Å². The van der Waals surface area contributed by atoms with Gasteiger partial charge in [0.25, 0.3) is 0 Å². The molecule has 0 N–H and O–H groups in total. The first-order valence-corrected chi connectivity index (χ1v) is 8.23. The molecule has 0 aliphatic heterocycles. The predicted molar refractivity (Wildman–Crippen MR) is 85.0 cm³/mol. The molecular weight excluding hydrogens is 216 g/mol. The monoisotopic (exact) mass is 254 g/mol. The van der Waals surface area contributed by atoms with E-state index in [0.717, 1.165) is 5.92 Å². The first kappa shape index (κ1) is 18.0. The van der Waals surface area contributed by atoms with Gasteiger partial charge in [0.15, 0.2) is 0 Å². The van der Waals surface area contributed by atoms with Gasteiger partial charge in [-0.2, -0.15) is 0 Å². The maximum atomic E-state index is 2.45. The molecule has 0 aromatic rings. The SMILES string of the molecule is CCCCCCCCCC(C)C(C)(C)C(C)(C)C. The molecule has 0 aromatic heterocycles. The normalized spacial score (nSPS) is 14.8. The maximum absolute atomic E-state index is 2.45. The average molecular weight is 255 g/mol. The fourth-order valence-corrected chi connectivity index (χ4v) is 2.51. The molecule has 0 aliphatic carbocycles. The quantitative estimate of drug-likeness (QED) is 0.395. The van der Waals surface area contributed by atoms with Gasteiger partial charge in [0.05, 0.1) is 0 Å². The summed E-state index contributed by atoms with van der Waals surface area (Å²) in [5.74, 6) is 0.827. The second kappa shape index (κ2) is 8.23. The molecule has 0 saturated carbocycles. The summed E-state index contributed by atoms with van der Waals surface area (Å²) in [5.41, 5.74) is 0.850. The number of rotatable bonds is 9. The molecule has 110 valence electrons. The first-order valence-electron chi connectivity index (χ1n) is 8.23. The molecule has 0 aromatic carbocycles. The topological polar surface area (TPSA) is 0 Å². The summed E-state index contributed by atoms with van der Waals surface area (Å²) in [6.07, 6.45) is 11.4. The highest BCUT2D eigenvalue weighted by molar-refractivity contribution is 4.86. The molecule has 0 nitrogen and oxygen atoms in total. The van der Waals surface area contributed by atoms with Crippen molar-refractivity contribution < 1.29 is 0 Å². The van der Waals surface area contributed by atoms with Crippen LogP contribution in [0, 0.1) is 16.7 Å². The third-order valence-electron chi connectivity index (χ3n) is 5.41. The maximum Gasteiger partial charge on any atom is -0.0280 e. The lowest BCUT2D eigenvalue weighted by molar-refractivity contribution is 0.0578. The number of hydrogen-bond donors (Lipinski definition) is 0. The number of unbranched alkanes of at least 4 members (excludes halogenated alkanes) is 6. The summed E-state index contributed by atoms with van der Waals surface area (Å²) >= 11 is 0. The molecule has 18 heavy (non-hydrogen) atoms. The zero-order valence-corrected chi connectivity index (χ0v) is 14.2. The highest BCUT2D eigenvalue weighted by Gasteiger charge is 2.36. The Morgan fingerprint density at radius 3 is 1.61 bits per heavy atom. The average Bonchev–Trinajstić information content (AvgIpc) is 2.26. The minimum Gasteiger partial charge on any atom is -0.0654 e. The van der Waals surface area contributed by atoms with E-state index in [1.807, 2.05) is 0 Å². The van der Waals surface area contributed by atoms with E-state index in [1.54, 1.807) is 0 Å². The van der Waals surface area contributed by atoms with E-state index in [9.17, 15) is 0 Å². The van der Waals surface area contributed by atoms with E-state index >= 15 is 0 Å². The lowest BCUT2D eigenvalue weighted by Gasteiger charge is -2.44. The molecule has 0 aliphatic rings. The van der Waals surface area contributed by atoms with Gasteiger partial charge in [0.2, 0.25) is 0 Å². The van der Waals surface area contributed by atoms with Crippen LogP contribution in [-0.2, 0) is 0 Å². The van der Waals surface area contributed by atoms with Gasteiger partial charge in [0, 0.05) is 0 Å². The van der Waals surface area contributed by atoms with Crippen molar-refractivity contribution in [3.63, 3.8) is 0 Å². The van der Waals surface area contributed by atoms with Crippen molar-refractivity contribution in [3.05, 3.63) is 0 Å². The van der Waals surface area contributed by atoms with Gasteiger partial charge in [0.1, 0.15) is 0 Å². The van der Waals surface area contributed by atoms with Crippen molar-refractivity contribution in [3.8, 4) is 0 Å². The van der Waals surface area contributed by atoms with Crippen LogP contribution >= 0.6 is 0 Å². The zero-order chi connectivity index (χ0) is 14.2. The van der Waals surface area contributed by atoms with E-state index in [2.05, 4.69) is 48.5 Å². The molecule has 0 heterocycles. The minimum atomic E-state index is 0.410. The fraction of sp³-hybridized carbons (Fsp3) is 1.00. The van der Waals surface area contributed by atoms with Crippen molar-refractivity contribution in [2.75, 3.05) is 0 Å².